The summed E-state index contributed by atoms with van der Waals surface area (Å²) in [7, 11) is 1.36. The van der Waals surface area contributed by atoms with Crippen LogP contribution in [0.4, 0.5) is 32.2 Å². The molecule has 172 valence electrons. The molecule has 0 fully saturated rings. The zero-order valence-electron chi connectivity index (χ0n) is 16.5. The van der Waals surface area contributed by atoms with Gasteiger partial charge >= 0.3 is 12.4 Å². The zero-order chi connectivity index (χ0) is 24.1. The number of nitrogens with zero attached hydrogens (tertiary/aromatic N) is 3. The molecule has 2 aromatic carbocycles. The Balaban J connectivity index is 1.99. The second kappa shape index (κ2) is 8.11. The van der Waals surface area contributed by atoms with Crippen LogP contribution in [0.15, 0.2) is 48.5 Å². The third-order valence-corrected chi connectivity index (χ3v) is 5.38. The molecule has 1 N–H and O–H groups in total. The summed E-state index contributed by atoms with van der Waals surface area (Å²) >= 11 is 11.9. The fraction of sp³-hybridized carbons (Fsp3) is 0.143. The van der Waals surface area contributed by atoms with Crippen molar-refractivity contribution >= 4 is 40.1 Å². The molecule has 4 rings (SSSR count). The van der Waals surface area contributed by atoms with E-state index in [0.717, 1.165) is 22.9 Å². The van der Waals surface area contributed by atoms with Crippen LogP contribution < -0.4 is 5.32 Å². The Kier molecular flexibility index (Phi) is 5.69. The van der Waals surface area contributed by atoms with E-state index in [1.807, 2.05) is 0 Å². The Morgan fingerprint density at radius 3 is 2.09 bits per heavy atom. The molecule has 0 aliphatic rings. The summed E-state index contributed by atoms with van der Waals surface area (Å²) in [5.41, 5.74) is -1.96. The molecular weight excluding hydrogens is 493 g/mol. The highest BCUT2D eigenvalue weighted by atomic mass is 35.5. The Labute approximate surface area is 192 Å². The van der Waals surface area contributed by atoms with Crippen molar-refractivity contribution in [2.45, 2.75) is 12.4 Å². The molecule has 12 heteroatoms. The molecule has 0 bridgehead atoms. The summed E-state index contributed by atoms with van der Waals surface area (Å²) < 4.78 is 82.0. The van der Waals surface area contributed by atoms with Crippen LogP contribution in [-0.2, 0) is 12.4 Å². The van der Waals surface area contributed by atoms with Crippen molar-refractivity contribution in [3.05, 3.63) is 69.7 Å². The van der Waals surface area contributed by atoms with Crippen LogP contribution in [-0.4, -0.2) is 21.8 Å². The monoisotopic (exact) mass is 504 g/mol. The average Bonchev–Trinajstić information content (AvgIpc) is 3.10. The minimum Gasteiger partial charge on any atom is -0.372 e. The molecule has 0 spiro atoms. The molecule has 0 saturated carbocycles. The van der Waals surface area contributed by atoms with Gasteiger partial charge in [-0.1, -0.05) is 35.3 Å². The van der Waals surface area contributed by atoms with E-state index in [1.54, 1.807) is 0 Å². The Morgan fingerprint density at radius 1 is 0.879 bits per heavy atom. The molecule has 33 heavy (non-hydrogen) atoms. The van der Waals surface area contributed by atoms with E-state index in [9.17, 15) is 26.3 Å². The van der Waals surface area contributed by atoms with Gasteiger partial charge in [-0.25, -0.2) is 9.67 Å². The summed E-state index contributed by atoms with van der Waals surface area (Å²) in [4.78, 5) is 4.25. The van der Waals surface area contributed by atoms with Gasteiger partial charge in [-0.05, 0) is 36.4 Å². The molecule has 2 heterocycles. The first kappa shape index (κ1) is 23.2. The molecule has 4 nitrogen and oxygen atoms in total. The highest BCUT2D eigenvalue weighted by Gasteiger charge is 2.37. The molecule has 0 radical (unpaired) electrons. The van der Waals surface area contributed by atoms with Crippen molar-refractivity contribution in [2.24, 2.45) is 0 Å². The lowest BCUT2D eigenvalue weighted by atomic mass is 10.1. The molecule has 0 aliphatic carbocycles. The van der Waals surface area contributed by atoms with Gasteiger partial charge in [0.2, 0.25) is 0 Å². The lowest BCUT2D eigenvalue weighted by Crippen LogP contribution is -2.09. The van der Waals surface area contributed by atoms with Gasteiger partial charge in [0, 0.05) is 17.6 Å². The van der Waals surface area contributed by atoms with Gasteiger partial charge in [-0.15, -0.1) is 5.10 Å². The molecule has 0 amide bonds. The lowest BCUT2D eigenvalue weighted by molar-refractivity contribution is -0.138. The fourth-order valence-electron chi connectivity index (χ4n) is 3.34. The number of nitrogens with one attached hydrogen (secondary N) is 1. The summed E-state index contributed by atoms with van der Waals surface area (Å²) in [5, 5.41) is 6.47. The molecule has 4 aromatic rings. The van der Waals surface area contributed by atoms with E-state index < -0.39 is 23.5 Å². The predicted molar refractivity (Wildman–Crippen MR) is 114 cm³/mol. The lowest BCUT2D eigenvalue weighted by Gasteiger charge is -2.13. The maximum atomic E-state index is 14.0. The first-order valence-corrected chi connectivity index (χ1v) is 9.97. The minimum atomic E-state index is -4.77. The van der Waals surface area contributed by atoms with Gasteiger partial charge in [0.25, 0.3) is 0 Å². The normalized spacial score (nSPS) is 12.4. The standard InChI is InChI=1S/C21H12Cl2F6N4/c1-30-19-17-13(21(27,28)29)9-15(10-2-5-12(22)6-3-10)31-18(17)32-33(19)16-7-4-11(8-14(16)23)20(24,25)26/h2-9,30H,1H3. The molecule has 2 aromatic heterocycles. The van der Waals surface area contributed by atoms with Gasteiger partial charge in [0.05, 0.1) is 32.9 Å². The summed E-state index contributed by atoms with van der Waals surface area (Å²) in [6.07, 6.45) is -9.41. The van der Waals surface area contributed by atoms with Crippen molar-refractivity contribution in [1.82, 2.24) is 14.8 Å². The Morgan fingerprint density at radius 2 is 1.55 bits per heavy atom. The van der Waals surface area contributed by atoms with E-state index in [-0.39, 0.29) is 33.3 Å². The summed E-state index contributed by atoms with van der Waals surface area (Å²) in [6.45, 7) is 0. The van der Waals surface area contributed by atoms with Crippen molar-refractivity contribution in [1.29, 1.82) is 0 Å². The van der Waals surface area contributed by atoms with Crippen molar-refractivity contribution in [3.63, 3.8) is 0 Å². The third kappa shape index (κ3) is 4.32. The number of aromatic nitrogens is 3. The van der Waals surface area contributed by atoms with Crippen LogP contribution in [0.1, 0.15) is 11.1 Å². The second-order valence-electron chi connectivity index (χ2n) is 6.93. The number of hydrogen-bond donors (Lipinski definition) is 1. The van der Waals surface area contributed by atoms with E-state index in [0.29, 0.717) is 16.7 Å². The number of halogens is 8. The van der Waals surface area contributed by atoms with Gasteiger partial charge < -0.3 is 5.32 Å². The van der Waals surface area contributed by atoms with Crippen LogP contribution in [0.5, 0.6) is 0 Å². The van der Waals surface area contributed by atoms with Crippen LogP contribution in [0.2, 0.25) is 10.0 Å². The van der Waals surface area contributed by atoms with E-state index in [2.05, 4.69) is 15.4 Å². The highest BCUT2D eigenvalue weighted by molar-refractivity contribution is 6.32. The number of hydrogen-bond acceptors (Lipinski definition) is 3. The second-order valence-corrected chi connectivity index (χ2v) is 7.78. The number of benzene rings is 2. The Hall–Kier alpha value is -2.98. The number of alkyl halides is 6. The van der Waals surface area contributed by atoms with Gasteiger partial charge in [0.15, 0.2) is 5.65 Å². The van der Waals surface area contributed by atoms with Crippen LogP contribution in [0.25, 0.3) is 28.0 Å². The van der Waals surface area contributed by atoms with E-state index in [4.69, 9.17) is 23.2 Å². The van der Waals surface area contributed by atoms with Crippen molar-refractivity contribution < 1.29 is 26.3 Å². The van der Waals surface area contributed by atoms with Crippen LogP contribution in [0, 0.1) is 0 Å². The summed E-state index contributed by atoms with van der Waals surface area (Å²) in [6, 6.07) is 9.41. The van der Waals surface area contributed by atoms with Gasteiger partial charge in [0.1, 0.15) is 5.82 Å². The largest absolute Gasteiger partial charge is 0.417 e. The topological polar surface area (TPSA) is 42.7 Å². The molecule has 0 unspecified atom stereocenters. The van der Waals surface area contributed by atoms with Gasteiger partial charge in [-0.2, -0.15) is 26.3 Å². The molecule has 0 atom stereocenters. The molecule has 0 saturated heterocycles. The number of rotatable bonds is 3. The van der Waals surface area contributed by atoms with E-state index >= 15 is 0 Å². The first-order chi connectivity index (χ1) is 15.4. The number of pyridine rings is 1. The zero-order valence-corrected chi connectivity index (χ0v) is 18.0. The quantitative estimate of drug-likeness (QED) is 0.294. The van der Waals surface area contributed by atoms with Crippen LogP contribution >= 0.6 is 23.2 Å². The fourth-order valence-corrected chi connectivity index (χ4v) is 3.73. The van der Waals surface area contributed by atoms with E-state index in [1.165, 1.54) is 31.3 Å². The predicted octanol–water partition coefficient (Wildman–Crippen LogP) is 7.47. The van der Waals surface area contributed by atoms with Crippen molar-refractivity contribution in [2.75, 3.05) is 12.4 Å². The first-order valence-electron chi connectivity index (χ1n) is 9.22. The number of fused-ring (bicyclic) bond motifs is 1. The molecular formula is C21H12Cl2F6N4. The smallest absolute Gasteiger partial charge is 0.372 e. The average molecular weight is 505 g/mol. The third-order valence-electron chi connectivity index (χ3n) is 4.83. The van der Waals surface area contributed by atoms with Gasteiger partial charge in [-0.3, -0.25) is 0 Å². The van der Waals surface area contributed by atoms with Crippen LogP contribution in [0.3, 0.4) is 0 Å². The maximum Gasteiger partial charge on any atom is 0.417 e. The Bertz CT molecular complexity index is 1340. The SMILES string of the molecule is CNc1c2c(C(F)(F)F)cc(-c3ccc(Cl)cc3)nc2nn1-c1ccc(C(F)(F)F)cc1Cl. The minimum absolute atomic E-state index is 0.00249. The molecule has 0 aliphatic heterocycles. The van der Waals surface area contributed by atoms with Crippen molar-refractivity contribution in [3.8, 4) is 16.9 Å². The number of anilines is 1. The maximum absolute atomic E-state index is 14.0. The summed E-state index contributed by atoms with van der Waals surface area (Å²) in [5.74, 6) is -0.130. The highest BCUT2D eigenvalue weighted by Crippen LogP contribution is 2.41.